The molecule has 1 rings (SSSR count). The topological polar surface area (TPSA) is 20.2 Å². The van der Waals surface area contributed by atoms with Crippen molar-refractivity contribution in [2.45, 2.75) is 72.8 Å². The van der Waals surface area contributed by atoms with Gasteiger partial charge in [-0.3, -0.25) is 0 Å². The van der Waals surface area contributed by atoms with Crippen LogP contribution in [0.3, 0.4) is 0 Å². The third-order valence-corrected chi connectivity index (χ3v) is 4.13. The van der Waals surface area contributed by atoms with Gasteiger partial charge in [-0.1, -0.05) is 34.6 Å². The zero-order chi connectivity index (χ0) is 12.3. The molecule has 1 saturated carbocycles. The smallest absolute Gasteiger partial charge is 0.0571 e. The second kappa shape index (κ2) is 5.53. The van der Waals surface area contributed by atoms with E-state index >= 15 is 0 Å². The molecule has 0 aliphatic heterocycles. The highest BCUT2D eigenvalue weighted by molar-refractivity contribution is 4.82. The fourth-order valence-electron chi connectivity index (χ4n) is 2.90. The number of hydrogen-bond acceptors (Lipinski definition) is 1. The van der Waals surface area contributed by atoms with Gasteiger partial charge in [-0.2, -0.15) is 0 Å². The first-order valence-electron chi connectivity index (χ1n) is 6.97. The SMILES string of the molecule is CC(C)C1CC(CCC(C)(C)C)CCC1O. The van der Waals surface area contributed by atoms with E-state index in [9.17, 15) is 5.11 Å². The first kappa shape index (κ1) is 14.0. The minimum Gasteiger partial charge on any atom is -0.393 e. The number of aliphatic hydroxyl groups is 1. The van der Waals surface area contributed by atoms with E-state index in [0.29, 0.717) is 17.3 Å². The molecule has 3 atom stereocenters. The van der Waals surface area contributed by atoms with Gasteiger partial charge in [0.05, 0.1) is 6.10 Å². The van der Waals surface area contributed by atoms with Gasteiger partial charge in [0, 0.05) is 0 Å². The molecule has 1 nitrogen and oxygen atoms in total. The lowest BCUT2D eigenvalue weighted by atomic mass is 9.72. The summed E-state index contributed by atoms with van der Waals surface area (Å²) in [6.07, 6.45) is 6.14. The van der Waals surface area contributed by atoms with Crippen LogP contribution in [0, 0.1) is 23.2 Å². The fourth-order valence-corrected chi connectivity index (χ4v) is 2.90. The van der Waals surface area contributed by atoms with Gasteiger partial charge < -0.3 is 5.11 Å². The molecule has 0 bridgehead atoms. The van der Waals surface area contributed by atoms with Crippen molar-refractivity contribution in [3.05, 3.63) is 0 Å². The van der Waals surface area contributed by atoms with Crippen LogP contribution in [-0.2, 0) is 0 Å². The molecule has 0 amide bonds. The van der Waals surface area contributed by atoms with Crippen molar-refractivity contribution < 1.29 is 5.11 Å². The molecule has 1 aliphatic carbocycles. The van der Waals surface area contributed by atoms with Gasteiger partial charge in [-0.05, 0) is 55.3 Å². The predicted molar refractivity (Wildman–Crippen MR) is 70.4 cm³/mol. The molecule has 0 aromatic rings. The van der Waals surface area contributed by atoms with Crippen molar-refractivity contribution in [3.8, 4) is 0 Å². The Kier molecular flexibility index (Phi) is 4.85. The fraction of sp³-hybridized carbons (Fsp3) is 1.00. The highest BCUT2D eigenvalue weighted by atomic mass is 16.3. The standard InChI is InChI=1S/C15H30O/c1-11(2)13-10-12(6-7-14(13)16)8-9-15(3,4)5/h11-14,16H,6-10H2,1-5H3. The zero-order valence-corrected chi connectivity index (χ0v) is 11.8. The lowest BCUT2D eigenvalue weighted by Gasteiger charge is -2.36. The first-order chi connectivity index (χ1) is 7.29. The lowest BCUT2D eigenvalue weighted by Crippen LogP contribution is -2.32. The van der Waals surface area contributed by atoms with E-state index < -0.39 is 0 Å². The maximum Gasteiger partial charge on any atom is 0.0571 e. The van der Waals surface area contributed by atoms with E-state index in [1.54, 1.807) is 0 Å². The Hall–Kier alpha value is -0.0400. The monoisotopic (exact) mass is 226 g/mol. The van der Waals surface area contributed by atoms with Crippen LogP contribution in [0.5, 0.6) is 0 Å². The van der Waals surface area contributed by atoms with Crippen LogP contribution in [0.1, 0.15) is 66.7 Å². The van der Waals surface area contributed by atoms with Gasteiger partial charge in [-0.25, -0.2) is 0 Å². The van der Waals surface area contributed by atoms with Gasteiger partial charge in [0.2, 0.25) is 0 Å². The van der Waals surface area contributed by atoms with Crippen molar-refractivity contribution in [2.75, 3.05) is 0 Å². The van der Waals surface area contributed by atoms with E-state index in [1.807, 2.05) is 0 Å². The summed E-state index contributed by atoms with van der Waals surface area (Å²) in [6, 6.07) is 0. The first-order valence-corrected chi connectivity index (χ1v) is 6.97. The lowest BCUT2D eigenvalue weighted by molar-refractivity contribution is 0.0212. The number of rotatable bonds is 3. The molecular formula is C15H30O. The molecule has 0 spiro atoms. The van der Waals surface area contributed by atoms with Gasteiger partial charge in [0.25, 0.3) is 0 Å². The molecule has 16 heavy (non-hydrogen) atoms. The Balaban J connectivity index is 2.40. The molecule has 0 heterocycles. The van der Waals surface area contributed by atoms with Crippen LogP contribution >= 0.6 is 0 Å². The third kappa shape index (κ3) is 4.45. The van der Waals surface area contributed by atoms with Gasteiger partial charge in [0.15, 0.2) is 0 Å². The summed E-state index contributed by atoms with van der Waals surface area (Å²) in [7, 11) is 0. The summed E-state index contributed by atoms with van der Waals surface area (Å²) < 4.78 is 0. The quantitative estimate of drug-likeness (QED) is 0.763. The predicted octanol–water partition coefficient (Wildman–Crippen LogP) is 4.25. The Morgan fingerprint density at radius 3 is 2.31 bits per heavy atom. The summed E-state index contributed by atoms with van der Waals surface area (Å²) in [5, 5.41) is 9.99. The van der Waals surface area contributed by atoms with Crippen LogP contribution in [0.25, 0.3) is 0 Å². The Labute approximate surface area is 102 Å². The maximum atomic E-state index is 9.99. The Morgan fingerprint density at radius 1 is 1.19 bits per heavy atom. The van der Waals surface area contributed by atoms with E-state index in [-0.39, 0.29) is 6.10 Å². The molecular weight excluding hydrogens is 196 g/mol. The van der Waals surface area contributed by atoms with Crippen LogP contribution in [-0.4, -0.2) is 11.2 Å². The van der Waals surface area contributed by atoms with Crippen LogP contribution < -0.4 is 0 Å². The maximum absolute atomic E-state index is 9.99. The van der Waals surface area contributed by atoms with Gasteiger partial charge >= 0.3 is 0 Å². The summed E-state index contributed by atoms with van der Waals surface area (Å²) in [5.41, 5.74) is 0.462. The number of aliphatic hydroxyl groups excluding tert-OH is 1. The van der Waals surface area contributed by atoms with Crippen molar-refractivity contribution >= 4 is 0 Å². The number of hydrogen-bond donors (Lipinski definition) is 1. The highest BCUT2D eigenvalue weighted by Crippen LogP contribution is 2.37. The zero-order valence-electron chi connectivity index (χ0n) is 11.8. The molecule has 96 valence electrons. The van der Waals surface area contributed by atoms with Crippen molar-refractivity contribution in [2.24, 2.45) is 23.2 Å². The van der Waals surface area contributed by atoms with Crippen LogP contribution in [0.15, 0.2) is 0 Å². The average molecular weight is 226 g/mol. The normalized spacial score (nSPS) is 32.1. The van der Waals surface area contributed by atoms with Gasteiger partial charge in [-0.15, -0.1) is 0 Å². The van der Waals surface area contributed by atoms with Gasteiger partial charge in [0.1, 0.15) is 0 Å². The van der Waals surface area contributed by atoms with E-state index in [2.05, 4.69) is 34.6 Å². The summed E-state index contributed by atoms with van der Waals surface area (Å²) in [5.74, 6) is 2.03. The largest absolute Gasteiger partial charge is 0.393 e. The molecule has 0 aromatic heterocycles. The molecule has 0 aromatic carbocycles. The molecule has 1 heteroatoms. The molecule has 3 unspecified atom stereocenters. The van der Waals surface area contributed by atoms with E-state index in [0.717, 1.165) is 12.3 Å². The second-order valence-corrected chi connectivity index (χ2v) is 7.25. The molecule has 0 radical (unpaired) electrons. The van der Waals surface area contributed by atoms with Crippen LogP contribution in [0.4, 0.5) is 0 Å². The van der Waals surface area contributed by atoms with Crippen molar-refractivity contribution in [1.82, 2.24) is 0 Å². The average Bonchev–Trinajstić information content (AvgIpc) is 2.14. The third-order valence-electron chi connectivity index (χ3n) is 4.13. The van der Waals surface area contributed by atoms with Crippen LogP contribution in [0.2, 0.25) is 0 Å². The minimum absolute atomic E-state index is 0.0362. The molecule has 1 fully saturated rings. The molecule has 1 aliphatic rings. The van der Waals surface area contributed by atoms with E-state index in [1.165, 1.54) is 25.7 Å². The molecule has 0 saturated heterocycles. The second-order valence-electron chi connectivity index (χ2n) is 7.25. The minimum atomic E-state index is -0.0362. The van der Waals surface area contributed by atoms with E-state index in [4.69, 9.17) is 0 Å². The summed E-state index contributed by atoms with van der Waals surface area (Å²) in [6.45, 7) is 11.5. The Morgan fingerprint density at radius 2 is 1.81 bits per heavy atom. The Bertz CT molecular complexity index is 202. The molecule has 1 N–H and O–H groups in total. The summed E-state index contributed by atoms with van der Waals surface area (Å²) in [4.78, 5) is 0. The highest BCUT2D eigenvalue weighted by Gasteiger charge is 2.31. The summed E-state index contributed by atoms with van der Waals surface area (Å²) >= 11 is 0. The van der Waals surface area contributed by atoms with Crippen molar-refractivity contribution in [1.29, 1.82) is 0 Å². The van der Waals surface area contributed by atoms with Crippen molar-refractivity contribution in [3.63, 3.8) is 0 Å².